The Morgan fingerprint density at radius 2 is 2.15 bits per heavy atom. The minimum Gasteiger partial charge on any atom is -0.330 e. The van der Waals surface area contributed by atoms with Crippen molar-refractivity contribution >= 4 is 10.0 Å². The van der Waals surface area contributed by atoms with Crippen LogP contribution in [0.4, 0.5) is 0 Å². The summed E-state index contributed by atoms with van der Waals surface area (Å²) in [5, 5.41) is 0. The van der Waals surface area contributed by atoms with E-state index in [1.165, 1.54) is 4.31 Å². The summed E-state index contributed by atoms with van der Waals surface area (Å²) in [4.78, 5) is 4.03. The van der Waals surface area contributed by atoms with E-state index >= 15 is 0 Å². The van der Waals surface area contributed by atoms with Crippen molar-refractivity contribution in [3.63, 3.8) is 0 Å². The molecule has 1 aromatic rings. The molecule has 20 heavy (non-hydrogen) atoms. The van der Waals surface area contributed by atoms with Crippen molar-refractivity contribution in [2.24, 2.45) is 11.7 Å². The maximum absolute atomic E-state index is 12.4. The standard InChI is InChI=1S/C14H25N3O2S/c1-13(2)6-10-20(18,19)17(9-4-7-15)12-14-5-3-8-16-11-14/h3,5,8,11,13H,4,6-7,9-10,12,15H2,1-2H3. The summed E-state index contributed by atoms with van der Waals surface area (Å²) < 4.78 is 26.3. The number of nitrogens with zero attached hydrogens (tertiary/aromatic N) is 2. The molecule has 1 rings (SSSR count). The van der Waals surface area contributed by atoms with Gasteiger partial charge in [-0.3, -0.25) is 4.98 Å². The van der Waals surface area contributed by atoms with Gasteiger partial charge in [0.05, 0.1) is 5.75 Å². The van der Waals surface area contributed by atoms with E-state index in [0.29, 0.717) is 38.4 Å². The maximum Gasteiger partial charge on any atom is 0.214 e. The van der Waals surface area contributed by atoms with E-state index in [1.54, 1.807) is 12.4 Å². The van der Waals surface area contributed by atoms with E-state index in [2.05, 4.69) is 4.98 Å². The lowest BCUT2D eigenvalue weighted by Crippen LogP contribution is -2.34. The van der Waals surface area contributed by atoms with Crippen LogP contribution in [0.15, 0.2) is 24.5 Å². The lowest BCUT2D eigenvalue weighted by atomic mass is 10.2. The molecule has 0 spiro atoms. The Bertz CT molecular complexity index is 474. The van der Waals surface area contributed by atoms with Crippen LogP contribution in [-0.2, 0) is 16.6 Å². The molecule has 0 amide bonds. The lowest BCUT2D eigenvalue weighted by Gasteiger charge is -2.22. The molecule has 5 nitrogen and oxygen atoms in total. The van der Waals surface area contributed by atoms with Crippen molar-refractivity contribution < 1.29 is 8.42 Å². The van der Waals surface area contributed by atoms with Crippen molar-refractivity contribution in [3.8, 4) is 0 Å². The van der Waals surface area contributed by atoms with Crippen LogP contribution in [0.5, 0.6) is 0 Å². The molecule has 6 heteroatoms. The molecule has 0 saturated carbocycles. The number of hydrogen-bond donors (Lipinski definition) is 1. The summed E-state index contributed by atoms with van der Waals surface area (Å²) in [5.74, 6) is 0.565. The van der Waals surface area contributed by atoms with Crippen molar-refractivity contribution in [2.75, 3.05) is 18.8 Å². The van der Waals surface area contributed by atoms with Crippen LogP contribution in [0.2, 0.25) is 0 Å². The molecule has 1 aromatic heterocycles. The highest BCUT2D eigenvalue weighted by Crippen LogP contribution is 2.13. The number of pyridine rings is 1. The fourth-order valence-electron chi connectivity index (χ4n) is 1.79. The summed E-state index contributed by atoms with van der Waals surface area (Å²) in [6.07, 6.45) is 4.73. The molecule has 0 aromatic carbocycles. The molecule has 0 radical (unpaired) electrons. The van der Waals surface area contributed by atoms with E-state index < -0.39 is 10.0 Å². The van der Waals surface area contributed by atoms with Gasteiger partial charge in [0.1, 0.15) is 0 Å². The molecule has 0 aliphatic carbocycles. The average molecular weight is 299 g/mol. The molecular weight excluding hydrogens is 274 g/mol. The van der Waals surface area contributed by atoms with Gasteiger partial charge < -0.3 is 5.73 Å². The normalized spacial score (nSPS) is 12.2. The van der Waals surface area contributed by atoms with Crippen molar-refractivity contribution in [1.82, 2.24) is 9.29 Å². The minimum atomic E-state index is -3.24. The van der Waals surface area contributed by atoms with Gasteiger partial charge >= 0.3 is 0 Å². The molecule has 0 aliphatic heterocycles. The monoisotopic (exact) mass is 299 g/mol. The second kappa shape index (κ2) is 8.34. The van der Waals surface area contributed by atoms with Crippen molar-refractivity contribution in [3.05, 3.63) is 30.1 Å². The molecule has 0 aliphatic rings. The third-order valence-corrected chi connectivity index (χ3v) is 4.89. The van der Waals surface area contributed by atoms with Crippen LogP contribution in [0, 0.1) is 5.92 Å². The first kappa shape index (κ1) is 17.1. The highest BCUT2D eigenvalue weighted by molar-refractivity contribution is 7.89. The zero-order valence-electron chi connectivity index (χ0n) is 12.3. The number of nitrogens with two attached hydrogens (primary N) is 1. The van der Waals surface area contributed by atoms with Crippen LogP contribution in [0.1, 0.15) is 32.3 Å². The molecule has 0 unspecified atom stereocenters. The highest BCUT2D eigenvalue weighted by Gasteiger charge is 2.22. The quantitative estimate of drug-likeness (QED) is 0.751. The number of sulfonamides is 1. The van der Waals surface area contributed by atoms with Gasteiger partial charge in [-0.05, 0) is 36.9 Å². The Balaban J connectivity index is 2.77. The molecule has 0 bridgehead atoms. The Morgan fingerprint density at radius 3 is 2.70 bits per heavy atom. The Labute approximate surface area is 122 Å². The number of rotatable bonds is 9. The first-order valence-corrected chi connectivity index (χ1v) is 8.63. The van der Waals surface area contributed by atoms with Crippen molar-refractivity contribution in [1.29, 1.82) is 0 Å². The largest absolute Gasteiger partial charge is 0.330 e. The zero-order valence-corrected chi connectivity index (χ0v) is 13.1. The molecule has 0 saturated heterocycles. The van der Waals surface area contributed by atoms with Gasteiger partial charge in [0.15, 0.2) is 0 Å². The first-order valence-electron chi connectivity index (χ1n) is 7.02. The fraction of sp³-hybridized carbons (Fsp3) is 0.643. The second-order valence-electron chi connectivity index (χ2n) is 5.34. The summed E-state index contributed by atoms with van der Waals surface area (Å²) >= 11 is 0. The van der Waals surface area contributed by atoms with E-state index in [-0.39, 0.29) is 5.75 Å². The third kappa shape index (κ3) is 5.98. The third-order valence-electron chi connectivity index (χ3n) is 3.04. The van der Waals surface area contributed by atoms with Gasteiger partial charge in [0.25, 0.3) is 0 Å². The molecule has 0 fully saturated rings. The zero-order chi connectivity index (χ0) is 15.0. The van der Waals surface area contributed by atoms with Crippen LogP contribution >= 0.6 is 0 Å². The van der Waals surface area contributed by atoms with E-state index in [0.717, 1.165) is 5.56 Å². The van der Waals surface area contributed by atoms with Gasteiger partial charge in [-0.25, -0.2) is 8.42 Å². The summed E-state index contributed by atoms with van der Waals surface area (Å²) in [5.41, 5.74) is 6.40. The van der Waals surface area contributed by atoms with Gasteiger partial charge in [0, 0.05) is 25.5 Å². The van der Waals surface area contributed by atoms with E-state index in [1.807, 2.05) is 26.0 Å². The predicted molar refractivity (Wildman–Crippen MR) is 81.6 cm³/mol. The van der Waals surface area contributed by atoms with Crippen LogP contribution in [0.25, 0.3) is 0 Å². The molecule has 2 N–H and O–H groups in total. The molecular formula is C14H25N3O2S. The van der Waals surface area contributed by atoms with Crippen LogP contribution < -0.4 is 5.73 Å². The molecule has 0 atom stereocenters. The second-order valence-corrected chi connectivity index (χ2v) is 7.42. The smallest absolute Gasteiger partial charge is 0.214 e. The van der Waals surface area contributed by atoms with Gasteiger partial charge in [-0.1, -0.05) is 19.9 Å². The van der Waals surface area contributed by atoms with Gasteiger partial charge in [-0.15, -0.1) is 0 Å². The van der Waals surface area contributed by atoms with Gasteiger partial charge in [0.2, 0.25) is 10.0 Å². The Morgan fingerprint density at radius 1 is 1.40 bits per heavy atom. The fourth-order valence-corrected chi connectivity index (χ4v) is 3.57. The lowest BCUT2D eigenvalue weighted by molar-refractivity contribution is 0.398. The van der Waals surface area contributed by atoms with Crippen LogP contribution in [0.3, 0.4) is 0 Å². The first-order chi connectivity index (χ1) is 9.45. The SMILES string of the molecule is CC(C)CCS(=O)(=O)N(CCCN)Cc1cccnc1. The topological polar surface area (TPSA) is 76.3 Å². The number of aromatic nitrogens is 1. The summed E-state index contributed by atoms with van der Waals surface area (Å²) in [6, 6.07) is 3.71. The minimum absolute atomic E-state index is 0.190. The highest BCUT2D eigenvalue weighted by atomic mass is 32.2. The van der Waals surface area contributed by atoms with Gasteiger partial charge in [-0.2, -0.15) is 4.31 Å². The Kier molecular flexibility index (Phi) is 7.12. The van der Waals surface area contributed by atoms with Crippen LogP contribution in [-0.4, -0.2) is 36.5 Å². The maximum atomic E-state index is 12.4. The van der Waals surface area contributed by atoms with Crippen molar-refractivity contribution in [2.45, 2.75) is 33.2 Å². The summed E-state index contributed by atoms with van der Waals surface area (Å²) in [7, 11) is -3.24. The summed E-state index contributed by atoms with van der Waals surface area (Å²) in [6.45, 7) is 5.38. The van der Waals surface area contributed by atoms with E-state index in [9.17, 15) is 8.42 Å². The predicted octanol–water partition coefficient (Wildman–Crippen LogP) is 1.61. The van der Waals surface area contributed by atoms with E-state index in [4.69, 9.17) is 5.73 Å². The average Bonchev–Trinajstić information content (AvgIpc) is 2.42. The Hall–Kier alpha value is -0.980. The number of hydrogen-bond acceptors (Lipinski definition) is 4. The molecule has 1 heterocycles. The molecule has 114 valence electrons.